The van der Waals surface area contributed by atoms with Gasteiger partial charge in [-0.1, -0.05) is 48.5 Å². The molecule has 0 atom stereocenters. The summed E-state index contributed by atoms with van der Waals surface area (Å²) < 4.78 is 125. The molecule has 0 radical (unpaired) electrons. The Hall–Kier alpha value is -4.31. The molecule has 0 aliphatic heterocycles. The lowest BCUT2D eigenvalue weighted by molar-refractivity contribution is -0.136. The van der Waals surface area contributed by atoms with E-state index in [1.165, 1.54) is 27.2 Å². The molecule has 3 aromatic carbocycles. The third-order valence-electron chi connectivity index (χ3n) is 9.03. The van der Waals surface area contributed by atoms with E-state index in [1.807, 2.05) is 24.3 Å². The average molecular weight is 888 g/mol. The van der Waals surface area contributed by atoms with Crippen molar-refractivity contribution in [1.29, 1.82) is 0 Å². The van der Waals surface area contributed by atoms with Crippen molar-refractivity contribution in [2.24, 2.45) is 0 Å². The van der Waals surface area contributed by atoms with Crippen molar-refractivity contribution in [2.75, 3.05) is 139 Å². The van der Waals surface area contributed by atoms with E-state index in [1.54, 1.807) is 7.05 Å². The molecule has 0 bridgehead atoms. The van der Waals surface area contributed by atoms with Gasteiger partial charge < -0.3 is 57.0 Å². The Balaban J connectivity index is 0.818. The molecule has 1 aliphatic rings. The fourth-order valence-electron chi connectivity index (χ4n) is 5.85. The van der Waals surface area contributed by atoms with Gasteiger partial charge in [0.25, 0.3) is 0 Å². The predicted molar refractivity (Wildman–Crippen MR) is 212 cm³/mol. The molecule has 0 heterocycles. The highest BCUT2D eigenvalue weighted by molar-refractivity contribution is 5.79. The van der Waals surface area contributed by atoms with Gasteiger partial charge in [-0.25, -0.2) is 18.0 Å². The van der Waals surface area contributed by atoms with Crippen LogP contribution < -0.4 is 4.74 Å². The first kappa shape index (κ1) is 50.3. The van der Waals surface area contributed by atoms with E-state index in [-0.39, 0.29) is 39.0 Å². The number of hydrogen-bond donors (Lipinski definition) is 0. The zero-order valence-corrected chi connectivity index (χ0v) is 34.7. The SMILES string of the molecule is CN(CCOCCOCCOCCOCCOCCOCCOCCOCCOCCC(=O)Oc1c(F)c(F)c(F)c(F)c1F)C(=O)OCC1c2ccccc2-c2ccccc21. The highest BCUT2D eigenvalue weighted by Crippen LogP contribution is 2.44. The molecule has 0 spiro atoms. The molecule has 62 heavy (non-hydrogen) atoms. The summed E-state index contributed by atoms with van der Waals surface area (Å²) >= 11 is 0. The number of carbonyl (C=O) groups is 2. The van der Waals surface area contributed by atoms with Gasteiger partial charge in [0.2, 0.25) is 34.8 Å². The Morgan fingerprint density at radius 3 is 1.23 bits per heavy atom. The first-order valence-electron chi connectivity index (χ1n) is 20.2. The van der Waals surface area contributed by atoms with Gasteiger partial charge in [0.15, 0.2) is 0 Å². The van der Waals surface area contributed by atoms with Crippen LogP contribution in [0, 0.1) is 29.1 Å². The van der Waals surface area contributed by atoms with E-state index in [2.05, 4.69) is 29.0 Å². The van der Waals surface area contributed by atoms with E-state index in [0.717, 1.165) is 0 Å². The first-order valence-corrected chi connectivity index (χ1v) is 20.2. The lowest BCUT2D eigenvalue weighted by Crippen LogP contribution is -2.32. The maximum atomic E-state index is 13.6. The Morgan fingerprint density at radius 2 is 0.823 bits per heavy atom. The number of amides is 1. The summed E-state index contributed by atoms with van der Waals surface area (Å²) in [6.07, 6.45) is -0.884. The van der Waals surface area contributed by atoms with Crippen LogP contribution in [0.5, 0.6) is 5.75 Å². The quantitative estimate of drug-likeness (QED) is 0.0185. The normalized spacial score (nSPS) is 12.1. The Labute approximate surface area is 357 Å². The summed E-state index contributed by atoms with van der Waals surface area (Å²) in [4.78, 5) is 25.8. The van der Waals surface area contributed by atoms with E-state index in [0.29, 0.717) is 99.0 Å². The Kier molecular flexibility index (Phi) is 23.6. The van der Waals surface area contributed by atoms with Crippen LogP contribution in [0.2, 0.25) is 0 Å². The molecule has 0 unspecified atom stereocenters. The van der Waals surface area contributed by atoms with Crippen molar-refractivity contribution in [2.45, 2.75) is 12.3 Å². The van der Waals surface area contributed by atoms with Crippen LogP contribution in [0.4, 0.5) is 26.7 Å². The molecule has 0 aromatic heterocycles. The number of hydrogen-bond acceptors (Lipinski definition) is 13. The molecule has 0 fully saturated rings. The summed E-state index contributed by atoms with van der Waals surface area (Å²) in [6, 6.07) is 16.4. The van der Waals surface area contributed by atoms with Gasteiger partial charge in [-0.3, -0.25) is 4.79 Å². The third-order valence-corrected chi connectivity index (χ3v) is 9.03. The molecule has 1 aliphatic carbocycles. The van der Waals surface area contributed by atoms with Crippen molar-refractivity contribution in [3.8, 4) is 16.9 Å². The molecular formula is C43H54F5NO13. The van der Waals surface area contributed by atoms with E-state index >= 15 is 0 Å². The van der Waals surface area contributed by atoms with Crippen LogP contribution >= 0.6 is 0 Å². The zero-order chi connectivity index (χ0) is 44.4. The maximum absolute atomic E-state index is 13.6. The van der Waals surface area contributed by atoms with Gasteiger partial charge in [-0.05, 0) is 22.3 Å². The second-order valence-corrected chi connectivity index (χ2v) is 13.4. The lowest BCUT2D eigenvalue weighted by atomic mass is 9.98. The second-order valence-electron chi connectivity index (χ2n) is 13.4. The fourth-order valence-corrected chi connectivity index (χ4v) is 5.85. The van der Waals surface area contributed by atoms with Crippen molar-refractivity contribution >= 4 is 12.1 Å². The summed E-state index contributed by atoms with van der Waals surface area (Å²) in [5.41, 5.74) is 4.71. The number of carbonyl (C=O) groups excluding carboxylic acids is 2. The predicted octanol–water partition coefficient (Wildman–Crippen LogP) is 5.71. The summed E-state index contributed by atoms with van der Waals surface area (Å²) in [5.74, 6) is -14.2. The van der Waals surface area contributed by atoms with Gasteiger partial charge in [0.05, 0.1) is 125 Å². The Morgan fingerprint density at radius 1 is 0.484 bits per heavy atom. The molecule has 344 valence electrons. The third kappa shape index (κ3) is 17.1. The van der Waals surface area contributed by atoms with Gasteiger partial charge in [0.1, 0.15) is 6.61 Å². The van der Waals surface area contributed by atoms with E-state index in [4.69, 9.17) is 47.4 Å². The number of rotatable bonds is 33. The van der Waals surface area contributed by atoms with E-state index < -0.39 is 53.3 Å². The van der Waals surface area contributed by atoms with Gasteiger partial charge >= 0.3 is 12.1 Å². The topological polar surface area (TPSA) is 139 Å². The minimum absolute atomic E-state index is 0.0143. The average Bonchev–Trinajstić information content (AvgIpc) is 3.60. The number of ether oxygens (including phenoxy) is 11. The van der Waals surface area contributed by atoms with Crippen LogP contribution in [0.25, 0.3) is 11.1 Å². The van der Waals surface area contributed by atoms with Gasteiger partial charge in [-0.15, -0.1) is 0 Å². The van der Waals surface area contributed by atoms with Crippen LogP contribution in [0.15, 0.2) is 48.5 Å². The standard InChI is InChI=1S/C43H54F5NO13/c1-49(43(51)61-30-35-33-8-4-2-6-31(33)32-7-3-5-9-34(32)35)11-13-53-15-17-55-19-21-57-23-25-59-27-29-60-28-26-58-24-22-56-20-18-54-16-14-52-12-10-36(50)62-42-40(47)38(45)37(44)39(46)41(42)48/h2-9,35H,10-30H2,1H3. The first-order chi connectivity index (χ1) is 30.2. The fraction of sp³-hybridized carbons (Fsp3) is 0.535. The van der Waals surface area contributed by atoms with Gasteiger partial charge in [-0.2, -0.15) is 8.78 Å². The van der Waals surface area contributed by atoms with Crippen LogP contribution in [-0.2, 0) is 52.2 Å². The molecular weight excluding hydrogens is 833 g/mol. The maximum Gasteiger partial charge on any atom is 0.409 e. The monoisotopic (exact) mass is 887 g/mol. The highest BCUT2D eigenvalue weighted by Gasteiger charge is 2.30. The van der Waals surface area contributed by atoms with Crippen molar-refractivity contribution in [3.05, 3.63) is 88.7 Å². The number of esters is 1. The molecule has 0 saturated heterocycles. The minimum atomic E-state index is -2.35. The number of nitrogens with zero attached hydrogens (tertiary/aromatic N) is 1. The zero-order valence-electron chi connectivity index (χ0n) is 34.7. The summed E-state index contributed by atoms with van der Waals surface area (Å²) in [5, 5.41) is 0. The minimum Gasteiger partial charge on any atom is -0.448 e. The van der Waals surface area contributed by atoms with Crippen molar-refractivity contribution in [1.82, 2.24) is 4.90 Å². The lowest BCUT2D eigenvalue weighted by Gasteiger charge is -2.19. The van der Waals surface area contributed by atoms with Gasteiger partial charge in [0, 0.05) is 19.5 Å². The number of fused-ring (bicyclic) bond motifs is 3. The smallest absolute Gasteiger partial charge is 0.409 e. The molecule has 14 nitrogen and oxygen atoms in total. The molecule has 0 saturated carbocycles. The highest BCUT2D eigenvalue weighted by atomic mass is 19.2. The number of halogens is 5. The summed E-state index contributed by atoms with van der Waals surface area (Å²) in [7, 11) is 1.69. The van der Waals surface area contributed by atoms with E-state index in [9.17, 15) is 31.5 Å². The number of likely N-dealkylation sites (N-methyl/N-ethyl adjacent to an activating group) is 1. The molecule has 0 N–H and O–H groups in total. The van der Waals surface area contributed by atoms with Crippen molar-refractivity contribution in [3.63, 3.8) is 0 Å². The molecule has 4 rings (SSSR count). The summed E-state index contributed by atoms with van der Waals surface area (Å²) in [6.45, 7) is 6.40. The van der Waals surface area contributed by atoms with Crippen molar-refractivity contribution < 1.29 is 83.6 Å². The molecule has 3 aromatic rings. The second kappa shape index (κ2) is 29.1. The van der Waals surface area contributed by atoms with Crippen LogP contribution in [0.1, 0.15) is 23.5 Å². The largest absolute Gasteiger partial charge is 0.448 e. The molecule has 19 heteroatoms. The Bertz CT molecular complexity index is 1720. The van der Waals surface area contributed by atoms with Crippen LogP contribution in [0.3, 0.4) is 0 Å². The number of benzene rings is 3. The van der Waals surface area contributed by atoms with Crippen LogP contribution in [-0.4, -0.2) is 156 Å². The molecule has 1 amide bonds.